The van der Waals surface area contributed by atoms with Crippen LogP contribution in [0.15, 0.2) is 23.0 Å². The molecule has 5 aromatic rings. The molecule has 15 heteroatoms. The lowest BCUT2D eigenvalue weighted by Gasteiger charge is -2.39. The Hall–Kier alpha value is -4.65. The van der Waals surface area contributed by atoms with Gasteiger partial charge < -0.3 is 25.2 Å². The van der Waals surface area contributed by atoms with Gasteiger partial charge in [-0.25, -0.2) is 19.3 Å². The van der Waals surface area contributed by atoms with Crippen LogP contribution in [0.4, 0.5) is 5.00 Å². The lowest BCUT2D eigenvalue weighted by Crippen LogP contribution is -2.59. The maximum atomic E-state index is 13.2. The molecule has 3 unspecified atom stereocenters. The summed E-state index contributed by atoms with van der Waals surface area (Å²) in [7, 11) is 2.16. The number of nitrogens with two attached hydrogens (primary N) is 1. The molecule has 1 spiro atoms. The van der Waals surface area contributed by atoms with Crippen LogP contribution >= 0.6 is 11.3 Å². The SMILES string of the molecule is CC(C1CCCN1C)n1ncc2c(-n3ccc(C(=O)NC4(C)COC4)n3)nc(-c3noc4c3CCCC43CCCc4sc(N)c(C#N)c43)nc21. The smallest absolute Gasteiger partial charge is 0.272 e. The van der Waals surface area contributed by atoms with Crippen molar-refractivity contribution in [1.29, 1.82) is 5.26 Å². The molecule has 3 atom stereocenters. The highest BCUT2D eigenvalue weighted by atomic mass is 32.1. The van der Waals surface area contributed by atoms with Crippen LogP contribution in [0.2, 0.25) is 0 Å². The molecule has 0 radical (unpaired) electrons. The van der Waals surface area contributed by atoms with E-state index in [1.807, 2.05) is 11.6 Å². The highest BCUT2D eigenvalue weighted by Crippen LogP contribution is 2.55. The van der Waals surface area contributed by atoms with Crippen LogP contribution in [-0.2, 0) is 23.0 Å². The zero-order valence-corrected chi connectivity index (χ0v) is 29.2. The number of ether oxygens (including phenoxy) is 1. The average molecular weight is 694 g/mol. The first kappa shape index (κ1) is 31.3. The van der Waals surface area contributed by atoms with E-state index in [2.05, 4.69) is 40.5 Å². The normalized spacial score (nSPS) is 23.4. The lowest BCUT2D eigenvalue weighted by atomic mass is 9.63. The van der Waals surface area contributed by atoms with Crippen molar-refractivity contribution in [1.82, 2.24) is 44.9 Å². The van der Waals surface area contributed by atoms with E-state index in [1.165, 1.54) is 16.2 Å². The Labute approximate surface area is 292 Å². The summed E-state index contributed by atoms with van der Waals surface area (Å²) >= 11 is 1.53. The molecule has 258 valence electrons. The van der Waals surface area contributed by atoms with E-state index in [1.54, 1.807) is 23.1 Å². The van der Waals surface area contributed by atoms with Gasteiger partial charge in [0.25, 0.3) is 5.91 Å². The van der Waals surface area contributed by atoms with E-state index in [4.69, 9.17) is 30.1 Å². The number of rotatable bonds is 6. The van der Waals surface area contributed by atoms with Gasteiger partial charge in [-0.05, 0) is 90.4 Å². The van der Waals surface area contributed by atoms with Crippen LogP contribution in [0.5, 0.6) is 0 Å². The molecule has 1 amide bonds. The van der Waals surface area contributed by atoms with Gasteiger partial charge in [-0.1, -0.05) is 5.16 Å². The first-order chi connectivity index (χ1) is 24.2. The van der Waals surface area contributed by atoms with Crippen molar-refractivity contribution in [3.05, 3.63) is 51.5 Å². The maximum absolute atomic E-state index is 13.2. The predicted molar refractivity (Wildman–Crippen MR) is 185 cm³/mol. The van der Waals surface area contributed by atoms with E-state index >= 15 is 0 Å². The quantitative estimate of drug-likeness (QED) is 0.259. The van der Waals surface area contributed by atoms with E-state index in [-0.39, 0.29) is 17.6 Å². The van der Waals surface area contributed by atoms with Gasteiger partial charge in [0.2, 0.25) is 0 Å². The number of nitrogen functional groups attached to an aromatic ring is 1. The second-order valence-electron chi connectivity index (χ2n) is 14.7. The Morgan fingerprint density at radius 2 is 2.04 bits per heavy atom. The molecule has 2 saturated heterocycles. The molecule has 4 aliphatic rings. The number of carbonyl (C=O) groups is 1. The van der Waals surface area contributed by atoms with Gasteiger partial charge in [0.05, 0.1) is 47.4 Å². The van der Waals surface area contributed by atoms with Crippen molar-refractivity contribution >= 4 is 33.3 Å². The molecule has 0 bridgehead atoms. The molecule has 0 saturated carbocycles. The molecule has 9 rings (SSSR count). The highest BCUT2D eigenvalue weighted by molar-refractivity contribution is 7.16. The minimum absolute atomic E-state index is 0.0450. The van der Waals surface area contributed by atoms with Crippen LogP contribution in [-0.4, -0.2) is 83.9 Å². The monoisotopic (exact) mass is 693 g/mol. The number of nitriles is 1. The van der Waals surface area contributed by atoms with Crippen molar-refractivity contribution < 1.29 is 14.1 Å². The second-order valence-corrected chi connectivity index (χ2v) is 15.8. The number of carbonyl (C=O) groups excluding carboxylic acids is 1. The molecule has 2 aliphatic heterocycles. The number of aromatic nitrogens is 7. The van der Waals surface area contributed by atoms with Gasteiger partial charge in [-0.15, -0.1) is 11.3 Å². The van der Waals surface area contributed by atoms with Crippen molar-refractivity contribution in [3.63, 3.8) is 0 Å². The number of amides is 1. The summed E-state index contributed by atoms with van der Waals surface area (Å²) in [6.45, 7) is 6.11. The molecule has 3 N–H and O–H groups in total. The van der Waals surface area contributed by atoms with Gasteiger partial charge in [-0.2, -0.15) is 15.5 Å². The Morgan fingerprint density at radius 1 is 1.22 bits per heavy atom. The summed E-state index contributed by atoms with van der Waals surface area (Å²) in [4.78, 5) is 27.0. The summed E-state index contributed by atoms with van der Waals surface area (Å²) in [6.07, 6.45) is 11.0. The van der Waals surface area contributed by atoms with Crippen LogP contribution in [0.1, 0.15) is 96.2 Å². The summed E-state index contributed by atoms with van der Waals surface area (Å²) < 4.78 is 15.2. The number of likely N-dealkylation sites (N-methyl/N-ethyl adjacent to an activating group) is 1. The first-order valence-electron chi connectivity index (χ1n) is 17.4. The maximum Gasteiger partial charge on any atom is 0.272 e. The predicted octanol–water partition coefficient (Wildman–Crippen LogP) is 4.31. The Balaban J connectivity index is 1.18. The van der Waals surface area contributed by atoms with Crippen molar-refractivity contribution in [3.8, 4) is 23.4 Å². The van der Waals surface area contributed by atoms with E-state index < -0.39 is 11.0 Å². The molecule has 5 aromatic heterocycles. The fourth-order valence-corrected chi connectivity index (χ4v) is 9.96. The number of anilines is 1. The molecular formula is C35H39N11O3S. The first-order valence-corrected chi connectivity index (χ1v) is 18.2. The van der Waals surface area contributed by atoms with Gasteiger partial charge in [-0.3, -0.25) is 4.79 Å². The molecule has 2 aliphatic carbocycles. The summed E-state index contributed by atoms with van der Waals surface area (Å²) in [5.74, 6) is 1.42. The number of hydrogen-bond acceptors (Lipinski definition) is 12. The molecule has 2 fully saturated rings. The van der Waals surface area contributed by atoms with Gasteiger partial charge in [0.15, 0.2) is 34.4 Å². The Morgan fingerprint density at radius 3 is 2.78 bits per heavy atom. The zero-order valence-electron chi connectivity index (χ0n) is 28.4. The minimum atomic E-state index is -0.464. The summed E-state index contributed by atoms with van der Waals surface area (Å²) in [5.41, 5.74) is 9.59. The van der Waals surface area contributed by atoms with Crippen LogP contribution in [0, 0.1) is 11.3 Å². The number of nitrogens with one attached hydrogen (secondary N) is 1. The highest BCUT2D eigenvalue weighted by Gasteiger charge is 2.49. The standard InChI is InChI=1S/C35H39N11O3S/c1-19(24-8-6-13-44(24)3)46-32-22(16-38-46)31(45-14-10-23(42-45)33(47)41-34(2)17-48-18-34)39-30(40-32)27-20-7-4-11-35(28(20)49-43-27)12-5-9-25-26(35)21(15-36)29(37)50-25/h10,14,16,19,24H,4-9,11-13,17-18,37H2,1-3H3,(H,41,47). The molecule has 7 heterocycles. The fraction of sp³-hybridized carbons (Fsp3) is 0.514. The number of fused-ring (bicyclic) bond motifs is 5. The van der Waals surface area contributed by atoms with Crippen molar-refractivity contribution in [2.75, 3.05) is 32.5 Å². The fourth-order valence-electron chi connectivity index (χ4n) is 8.80. The van der Waals surface area contributed by atoms with Crippen LogP contribution < -0.4 is 11.1 Å². The number of thiophene rings is 1. The van der Waals surface area contributed by atoms with E-state index in [0.717, 1.165) is 74.8 Å². The molecular weight excluding hydrogens is 655 g/mol. The third-order valence-corrected chi connectivity index (χ3v) is 12.4. The third-order valence-electron chi connectivity index (χ3n) is 11.3. The summed E-state index contributed by atoms with van der Waals surface area (Å²) in [6, 6.07) is 4.44. The minimum Gasteiger partial charge on any atom is -0.389 e. The Bertz CT molecular complexity index is 2200. The van der Waals surface area contributed by atoms with Crippen molar-refractivity contribution in [2.45, 2.75) is 88.3 Å². The second kappa shape index (κ2) is 11.4. The summed E-state index contributed by atoms with van der Waals surface area (Å²) in [5, 5.41) is 28.7. The van der Waals surface area contributed by atoms with Gasteiger partial charge >= 0.3 is 0 Å². The number of nitrogens with zero attached hydrogens (tertiary/aromatic N) is 9. The lowest BCUT2D eigenvalue weighted by molar-refractivity contribution is -0.0594. The topological polar surface area (TPSA) is 179 Å². The van der Waals surface area contributed by atoms with Gasteiger partial charge in [0, 0.05) is 22.7 Å². The third kappa shape index (κ3) is 4.65. The van der Waals surface area contributed by atoms with E-state index in [9.17, 15) is 10.1 Å². The zero-order chi connectivity index (χ0) is 34.4. The van der Waals surface area contributed by atoms with Crippen LogP contribution in [0.3, 0.4) is 0 Å². The number of aryl methyl sites for hydroxylation is 1. The average Bonchev–Trinajstić information content (AvgIpc) is 3.93. The largest absolute Gasteiger partial charge is 0.389 e. The molecule has 14 nitrogen and oxygen atoms in total. The molecule has 0 aromatic carbocycles. The van der Waals surface area contributed by atoms with E-state index in [0.29, 0.717) is 58.2 Å². The Kier molecular flexibility index (Phi) is 7.17. The number of likely N-dealkylation sites (tertiary alicyclic amines) is 1. The van der Waals surface area contributed by atoms with Crippen LogP contribution in [0.25, 0.3) is 28.4 Å². The van der Waals surface area contributed by atoms with Crippen molar-refractivity contribution in [2.24, 2.45) is 0 Å². The number of hydrogen-bond donors (Lipinski definition) is 2. The molecule has 50 heavy (non-hydrogen) atoms. The van der Waals surface area contributed by atoms with Gasteiger partial charge in [0.1, 0.15) is 11.1 Å².